The summed E-state index contributed by atoms with van der Waals surface area (Å²) in [5.74, 6) is -0.618. The lowest BCUT2D eigenvalue weighted by Gasteiger charge is -2.13. The fourth-order valence-corrected chi connectivity index (χ4v) is 2.91. The topological polar surface area (TPSA) is 62.3 Å². The van der Waals surface area contributed by atoms with Crippen LogP contribution in [0.2, 0.25) is 0 Å². The van der Waals surface area contributed by atoms with Gasteiger partial charge in [0.25, 0.3) is 11.8 Å². The summed E-state index contributed by atoms with van der Waals surface area (Å²) in [4.78, 5) is 29.3. The highest BCUT2D eigenvalue weighted by atomic mass is 32.2. The number of aromatic nitrogens is 1. The monoisotopic (exact) mass is 303 g/mol. The molecule has 0 fully saturated rings. The second-order valence-corrected chi connectivity index (χ2v) is 5.65. The second-order valence-electron chi connectivity index (χ2n) is 3.88. The number of nitrogens with zero attached hydrogens (tertiary/aromatic N) is 2. The number of benzene rings is 1. The lowest BCUT2D eigenvalue weighted by atomic mass is 10.3. The summed E-state index contributed by atoms with van der Waals surface area (Å²) in [5.41, 5.74) is 0.573. The molecule has 2 amide bonds. The van der Waals surface area contributed by atoms with E-state index in [4.69, 9.17) is 0 Å². The summed E-state index contributed by atoms with van der Waals surface area (Å²) in [7, 11) is 0. The highest BCUT2D eigenvalue weighted by Gasteiger charge is 2.24. The van der Waals surface area contributed by atoms with Crippen molar-refractivity contribution in [3.63, 3.8) is 0 Å². The standard InChI is InChI=1S/C13H9N3O2S2/c17-11-5-6-12(18)16(11)9-1-3-10(4-2-9)20-15-13-14-7-8-19-13/h1-8H,(H,14,15). The molecule has 100 valence electrons. The molecule has 2 heterocycles. The minimum absolute atomic E-state index is 0.309. The van der Waals surface area contributed by atoms with E-state index >= 15 is 0 Å². The van der Waals surface area contributed by atoms with Gasteiger partial charge in [-0.1, -0.05) is 0 Å². The Morgan fingerprint density at radius 3 is 2.40 bits per heavy atom. The molecule has 0 spiro atoms. The van der Waals surface area contributed by atoms with Crippen molar-refractivity contribution in [3.8, 4) is 0 Å². The molecule has 1 aliphatic rings. The van der Waals surface area contributed by atoms with Gasteiger partial charge in [-0.05, 0) is 36.2 Å². The SMILES string of the molecule is O=C1C=CC(=O)N1c1ccc(SNc2nccs2)cc1. The van der Waals surface area contributed by atoms with Gasteiger partial charge in [0.15, 0.2) is 5.13 Å². The van der Waals surface area contributed by atoms with Gasteiger partial charge in [0.05, 0.1) is 5.69 Å². The average molecular weight is 303 g/mol. The first-order valence-corrected chi connectivity index (χ1v) is 7.42. The number of carbonyl (C=O) groups excluding carboxylic acids is 2. The Kier molecular flexibility index (Phi) is 3.53. The van der Waals surface area contributed by atoms with Gasteiger partial charge < -0.3 is 4.72 Å². The van der Waals surface area contributed by atoms with Crippen molar-refractivity contribution in [2.24, 2.45) is 0 Å². The number of imide groups is 1. The Morgan fingerprint density at radius 2 is 1.80 bits per heavy atom. The van der Waals surface area contributed by atoms with Crippen molar-refractivity contribution >= 4 is 45.9 Å². The summed E-state index contributed by atoms with van der Waals surface area (Å²) in [6.07, 6.45) is 4.28. The fraction of sp³-hybridized carbons (Fsp3) is 0. The van der Waals surface area contributed by atoms with Gasteiger partial charge >= 0.3 is 0 Å². The smallest absolute Gasteiger partial charge is 0.258 e. The third-order valence-corrected chi connectivity index (χ3v) is 4.21. The van der Waals surface area contributed by atoms with Crippen LogP contribution in [-0.4, -0.2) is 16.8 Å². The van der Waals surface area contributed by atoms with E-state index in [-0.39, 0.29) is 11.8 Å². The minimum atomic E-state index is -0.309. The maximum absolute atomic E-state index is 11.5. The summed E-state index contributed by atoms with van der Waals surface area (Å²) < 4.78 is 3.11. The maximum atomic E-state index is 11.5. The summed E-state index contributed by atoms with van der Waals surface area (Å²) in [5, 5.41) is 2.72. The molecule has 5 nitrogen and oxygen atoms in total. The number of anilines is 2. The van der Waals surface area contributed by atoms with Crippen LogP contribution in [-0.2, 0) is 9.59 Å². The number of thiazole rings is 1. The normalized spacial score (nSPS) is 14.1. The molecule has 0 aliphatic carbocycles. The average Bonchev–Trinajstić information content (AvgIpc) is 3.08. The van der Waals surface area contributed by atoms with Crippen molar-refractivity contribution in [1.29, 1.82) is 0 Å². The third kappa shape index (κ3) is 2.59. The Labute approximate surface area is 123 Å². The van der Waals surface area contributed by atoms with E-state index in [1.54, 1.807) is 18.3 Å². The van der Waals surface area contributed by atoms with Crippen LogP contribution < -0.4 is 9.62 Å². The van der Waals surface area contributed by atoms with E-state index in [1.807, 2.05) is 17.5 Å². The third-order valence-electron chi connectivity index (χ3n) is 2.59. The molecule has 1 aliphatic heterocycles. The minimum Gasteiger partial charge on any atom is -0.302 e. The van der Waals surface area contributed by atoms with Crippen LogP contribution in [0.25, 0.3) is 0 Å². The number of nitrogens with one attached hydrogen (secondary N) is 1. The summed E-state index contributed by atoms with van der Waals surface area (Å²) >= 11 is 2.94. The van der Waals surface area contributed by atoms with Gasteiger partial charge in [-0.15, -0.1) is 11.3 Å². The summed E-state index contributed by atoms with van der Waals surface area (Å²) in [6.45, 7) is 0. The molecule has 20 heavy (non-hydrogen) atoms. The van der Waals surface area contributed by atoms with Crippen LogP contribution in [0.15, 0.2) is 52.9 Å². The van der Waals surface area contributed by atoms with E-state index in [0.717, 1.165) is 14.9 Å². The number of hydrogen-bond acceptors (Lipinski definition) is 6. The molecule has 0 saturated heterocycles. The van der Waals surface area contributed by atoms with Crippen molar-refractivity contribution in [2.75, 3.05) is 9.62 Å². The molecule has 3 rings (SSSR count). The molecule has 0 atom stereocenters. The first kappa shape index (κ1) is 12.9. The van der Waals surface area contributed by atoms with E-state index < -0.39 is 0 Å². The Hall–Kier alpha value is -2.12. The largest absolute Gasteiger partial charge is 0.302 e. The van der Waals surface area contributed by atoms with Gasteiger partial charge in [-0.2, -0.15) is 0 Å². The molecule has 1 aromatic heterocycles. The van der Waals surface area contributed by atoms with Crippen LogP contribution in [0.5, 0.6) is 0 Å². The molecular formula is C13H9N3O2S2. The summed E-state index contributed by atoms with van der Waals surface area (Å²) in [6, 6.07) is 7.18. The molecule has 0 bridgehead atoms. The quantitative estimate of drug-likeness (QED) is 0.695. The van der Waals surface area contributed by atoms with E-state index in [9.17, 15) is 9.59 Å². The van der Waals surface area contributed by atoms with Gasteiger partial charge in [0.2, 0.25) is 0 Å². The number of amides is 2. The lowest BCUT2D eigenvalue weighted by molar-refractivity contribution is -0.119. The molecule has 1 aromatic carbocycles. The van der Waals surface area contributed by atoms with Crippen LogP contribution in [0.3, 0.4) is 0 Å². The lowest BCUT2D eigenvalue weighted by Crippen LogP contribution is -2.29. The van der Waals surface area contributed by atoms with Crippen LogP contribution in [0.4, 0.5) is 10.8 Å². The number of hydrogen-bond donors (Lipinski definition) is 1. The Balaban J connectivity index is 1.68. The predicted octanol–water partition coefficient (Wildman–Crippen LogP) is 2.69. The molecule has 2 aromatic rings. The molecule has 1 N–H and O–H groups in total. The molecule has 0 radical (unpaired) electrons. The number of rotatable bonds is 4. The maximum Gasteiger partial charge on any atom is 0.258 e. The van der Waals surface area contributed by atoms with E-state index in [2.05, 4.69) is 9.71 Å². The van der Waals surface area contributed by atoms with E-state index in [1.165, 1.54) is 35.4 Å². The zero-order chi connectivity index (χ0) is 13.9. The van der Waals surface area contributed by atoms with Gasteiger partial charge in [-0.3, -0.25) is 9.59 Å². The van der Waals surface area contributed by atoms with E-state index in [0.29, 0.717) is 5.69 Å². The van der Waals surface area contributed by atoms with Crippen molar-refractivity contribution in [1.82, 2.24) is 4.98 Å². The highest BCUT2D eigenvalue weighted by Crippen LogP contribution is 2.26. The zero-order valence-electron chi connectivity index (χ0n) is 10.1. The van der Waals surface area contributed by atoms with Crippen molar-refractivity contribution in [3.05, 3.63) is 48.0 Å². The van der Waals surface area contributed by atoms with Crippen molar-refractivity contribution < 1.29 is 9.59 Å². The van der Waals surface area contributed by atoms with Gasteiger partial charge in [-0.25, -0.2) is 9.88 Å². The molecule has 0 unspecified atom stereocenters. The zero-order valence-corrected chi connectivity index (χ0v) is 11.8. The Morgan fingerprint density at radius 1 is 1.10 bits per heavy atom. The fourth-order valence-electron chi connectivity index (χ4n) is 1.69. The number of carbonyl (C=O) groups is 2. The molecule has 0 saturated carbocycles. The van der Waals surface area contributed by atoms with Gasteiger partial charge in [0, 0.05) is 28.6 Å². The van der Waals surface area contributed by atoms with Crippen LogP contribution in [0, 0.1) is 0 Å². The Bertz CT molecular complexity index is 647. The second kappa shape index (κ2) is 5.48. The van der Waals surface area contributed by atoms with Crippen LogP contribution >= 0.6 is 23.3 Å². The molecular weight excluding hydrogens is 294 g/mol. The first-order chi connectivity index (χ1) is 9.74. The van der Waals surface area contributed by atoms with Crippen molar-refractivity contribution in [2.45, 2.75) is 4.90 Å². The highest BCUT2D eigenvalue weighted by molar-refractivity contribution is 8.00. The van der Waals surface area contributed by atoms with Crippen LogP contribution in [0.1, 0.15) is 0 Å². The molecule has 7 heteroatoms. The van der Waals surface area contributed by atoms with Gasteiger partial charge in [0.1, 0.15) is 0 Å². The first-order valence-electron chi connectivity index (χ1n) is 5.72. The predicted molar refractivity (Wildman–Crippen MR) is 79.7 cm³/mol.